The molecule has 1 N–H and O–H groups in total. The van der Waals surface area contributed by atoms with E-state index in [1.54, 1.807) is 7.05 Å². The van der Waals surface area contributed by atoms with Crippen LogP contribution in [0.15, 0.2) is 0 Å². The lowest BCUT2D eigenvalue weighted by Gasteiger charge is -2.00. The van der Waals surface area contributed by atoms with E-state index in [1.165, 1.54) is 4.90 Å². The number of rotatable bonds is 1. The van der Waals surface area contributed by atoms with E-state index < -0.39 is 0 Å². The Hall–Kier alpha value is -0.420. The van der Waals surface area contributed by atoms with Gasteiger partial charge >= 0.3 is 6.09 Å². The molecule has 0 bridgehead atoms. The van der Waals surface area contributed by atoms with E-state index in [2.05, 4.69) is 4.74 Å². The number of amides is 1. The van der Waals surface area contributed by atoms with E-state index in [4.69, 9.17) is 5.11 Å². The Bertz CT molecular complexity index is 130. The smallest absolute Gasteiger partial charge is 0.410 e. The lowest BCUT2D eigenvalue weighted by Crippen LogP contribution is -2.20. The fourth-order valence-corrected chi connectivity index (χ4v) is 0.745. The van der Waals surface area contributed by atoms with E-state index in [9.17, 15) is 4.79 Å². The van der Waals surface area contributed by atoms with Crippen LogP contribution >= 0.6 is 13.5 Å². The van der Waals surface area contributed by atoms with Gasteiger partial charge in [-0.15, -0.1) is 0 Å². The van der Waals surface area contributed by atoms with Crippen molar-refractivity contribution in [1.29, 1.82) is 0 Å². The molecule has 0 radical (unpaired) electrons. The Morgan fingerprint density at radius 1 is 1.90 bits per heavy atom. The highest BCUT2D eigenvalue weighted by Crippen LogP contribution is 2.06. The number of cyclic esters (lactones) is 1. The molecule has 0 aromatic carbocycles. The van der Waals surface area contributed by atoms with Gasteiger partial charge in [-0.2, -0.15) is 13.5 Å². The molecule has 0 aliphatic carbocycles. The zero-order valence-electron chi connectivity index (χ0n) is 5.70. The average Bonchev–Trinajstić information content (AvgIpc) is 2.13. The molecule has 60 valence electrons. The molecule has 0 aromatic rings. The zero-order valence-corrected chi connectivity index (χ0v) is 6.70. The van der Waals surface area contributed by atoms with Crippen molar-refractivity contribution in [3.63, 3.8) is 0 Å². The minimum absolute atomic E-state index is 0. The van der Waals surface area contributed by atoms with E-state index >= 15 is 0 Å². The molecular weight excluding hydrogens is 154 g/mol. The number of hydrogen-bond donors (Lipinski definition) is 1. The van der Waals surface area contributed by atoms with Crippen LogP contribution in [-0.4, -0.2) is 42.4 Å². The summed E-state index contributed by atoms with van der Waals surface area (Å²) in [5.41, 5.74) is 0. The van der Waals surface area contributed by atoms with Gasteiger partial charge in [-0.05, 0) is 0 Å². The van der Waals surface area contributed by atoms with Gasteiger partial charge in [-0.1, -0.05) is 0 Å². The van der Waals surface area contributed by atoms with Gasteiger partial charge in [0.1, 0.15) is 6.10 Å². The first-order valence-corrected chi connectivity index (χ1v) is 2.76. The third-order valence-electron chi connectivity index (χ3n) is 1.26. The molecular formula is C5H11NO3S. The number of likely N-dealkylation sites (N-methyl/N-ethyl adjacent to an activating group) is 1. The van der Waals surface area contributed by atoms with Crippen molar-refractivity contribution >= 4 is 19.6 Å². The van der Waals surface area contributed by atoms with Crippen molar-refractivity contribution in [1.82, 2.24) is 4.90 Å². The highest BCUT2D eigenvalue weighted by molar-refractivity contribution is 7.59. The summed E-state index contributed by atoms with van der Waals surface area (Å²) >= 11 is 0. The van der Waals surface area contributed by atoms with E-state index in [0.29, 0.717) is 6.54 Å². The van der Waals surface area contributed by atoms with E-state index in [0.717, 1.165) is 0 Å². The highest BCUT2D eigenvalue weighted by atomic mass is 32.1. The van der Waals surface area contributed by atoms with E-state index in [-0.39, 0.29) is 32.3 Å². The summed E-state index contributed by atoms with van der Waals surface area (Å²) in [5, 5.41) is 8.50. The molecule has 1 fully saturated rings. The molecule has 0 saturated carbocycles. The number of carbonyl (C=O) groups is 1. The first kappa shape index (κ1) is 9.58. The molecule has 0 unspecified atom stereocenters. The number of carbonyl (C=O) groups excluding carboxylic acids is 1. The second-order valence-electron chi connectivity index (χ2n) is 2.07. The number of nitrogens with zero attached hydrogens (tertiary/aromatic N) is 1. The van der Waals surface area contributed by atoms with Crippen LogP contribution in [-0.2, 0) is 4.74 Å². The number of hydrogen-bond acceptors (Lipinski definition) is 3. The summed E-state index contributed by atoms with van der Waals surface area (Å²) in [6, 6.07) is 0. The molecule has 1 atom stereocenters. The molecule has 1 amide bonds. The summed E-state index contributed by atoms with van der Waals surface area (Å²) < 4.78 is 4.66. The maximum atomic E-state index is 10.5. The van der Waals surface area contributed by atoms with Crippen LogP contribution in [0.2, 0.25) is 0 Å². The van der Waals surface area contributed by atoms with Crippen LogP contribution in [0.1, 0.15) is 0 Å². The van der Waals surface area contributed by atoms with Crippen molar-refractivity contribution in [3.8, 4) is 0 Å². The van der Waals surface area contributed by atoms with Crippen molar-refractivity contribution in [2.24, 2.45) is 0 Å². The molecule has 5 heteroatoms. The summed E-state index contributed by atoms with van der Waals surface area (Å²) in [7, 11) is 1.64. The fraction of sp³-hybridized carbons (Fsp3) is 0.800. The summed E-state index contributed by atoms with van der Waals surface area (Å²) in [6.07, 6.45) is -0.670. The van der Waals surface area contributed by atoms with Crippen molar-refractivity contribution < 1.29 is 14.6 Å². The maximum Gasteiger partial charge on any atom is 0.410 e. The van der Waals surface area contributed by atoms with Crippen LogP contribution < -0.4 is 0 Å². The number of ether oxygens (including phenoxy) is 1. The van der Waals surface area contributed by atoms with Crippen LogP contribution in [0, 0.1) is 0 Å². The van der Waals surface area contributed by atoms with Gasteiger partial charge < -0.3 is 14.7 Å². The van der Waals surface area contributed by atoms with Gasteiger partial charge in [0.15, 0.2) is 0 Å². The van der Waals surface area contributed by atoms with Gasteiger partial charge in [0.25, 0.3) is 0 Å². The lowest BCUT2D eigenvalue weighted by molar-refractivity contribution is 0.0951. The normalized spacial score (nSPS) is 24.0. The molecule has 1 aliphatic heterocycles. The zero-order chi connectivity index (χ0) is 6.85. The van der Waals surface area contributed by atoms with Crippen molar-refractivity contribution in [3.05, 3.63) is 0 Å². The van der Waals surface area contributed by atoms with Crippen molar-refractivity contribution in [2.45, 2.75) is 6.10 Å². The second-order valence-corrected chi connectivity index (χ2v) is 2.07. The highest BCUT2D eigenvalue weighted by Gasteiger charge is 2.26. The summed E-state index contributed by atoms with van der Waals surface area (Å²) in [5.74, 6) is 0. The van der Waals surface area contributed by atoms with E-state index in [1.807, 2.05) is 0 Å². The first-order chi connectivity index (χ1) is 4.24. The van der Waals surface area contributed by atoms with Crippen LogP contribution in [0.5, 0.6) is 0 Å². The van der Waals surface area contributed by atoms with Crippen LogP contribution in [0.3, 0.4) is 0 Å². The minimum Gasteiger partial charge on any atom is -0.442 e. The second kappa shape index (κ2) is 3.68. The third kappa shape index (κ3) is 1.78. The third-order valence-corrected chi connectivity index (χ3v) is 1.26. The Morgan fingerprint density at radius 2 is 2.50 bits per heavy atom. The molecule has 4 nitrogen and oxygen atoms in total. The summed E-state index contributed by atoms with van der Waals surface area (Å²) in [6.45, 7) is 0.408. The van der Waals surface area contributed by atoms with Crippen LogP contribution in [0.25, 0.3) is 0 Å². The monoisotopic (exact) mass is 165 g/mol. The maximum absolute atomic E-state index is 10.5. The molecule has 0 aromatic heterocycles. The first-order valence-electron chi connectivity index (χ1n) is 2.76. The number of aliphatic hydroxyl groups excluding tert-OH is 1. The molecule has 0 spiro atoms. The van der Waals surface area contributed by atoms with Gasteiger partial charge in [0.05, 0.1) is 13.2 Å². The quantitative estimate of drug-likeness (QED) is 0.572. The van der Waals surface area contributed by atoms with Gasteiger partial charge in [-0.3, -0.25) is 0 Å². The van der Waals surface area contributed by atoms with Crippen molar-refractivity contribution in [2.75, 3.05) is 20.2 Å². The Balaban J connectivity index is 0.000000810. The molecule has 1 aliphatic rings. The molecule has 1 heterocycles. The molecule has 1 rings (SSSR count). The Labute approximate surface area is 66.2 Å². The fourth-order valence-electron chi connectivity index (χ4n) is 0.745. The predicted molar refractivity (Wildman–Crippen MR) is 40.4 cm³/mol. The van der Waals surface area contributed by atoms with Gasteiger partial charge in [-0.25, -0.2) is 4.79 Å². The van der Waals surface area contributed by atoms with Gasteiger partial charge in [0.2, 0.25) is 0 Å². The van der Waals surface area contributed by atoms with Gasteiger partial charge in [0, 0.05) is 7.05 Å². The largest absolute Gasteiger partial charge is 0.442 e. The Morgan fingerprint density at radius 3 is 2.70 bits per heavy atom. The standard InChI is InChI=1S/C5H9NO3.H2S/c1-6-2-4(3-7)9-5(6)8;/h4,7H,2-3H2,1H3;1H2/t4-;/m0./s1. The topological polar surface area (TPSA) is 49.8 Å². The molecule has 10 heavy (non-hydrogen) atoms. The predicted octanol–water partition coefficient (Wildman–Crippen LogP) is -0.458. The SMILES string of the molecule is CN1C[C@@H](CO)OC1=O.S. The lowest BCUT2D eigenvalue weighted by atomic mass is 10.4. The average molecular weight is 165 g/mol. The molecule has 1 saturated heterocycles. The van der Waals surface area contributed by atoms with Crippen LogP contribution in [0.4, 0.5) is 4.79 Å². The minimum atomic E-state index is -0.353. The number of aliphatic hydroxyl groups is 1. The summed E-state index contributed by atoms with van der Waals surface area (Å²) in [4.78, 5) is 12.0. The Kier molecular flexibility index (Phi) is 3.52.